The molecule has 1 amide bonds. The van der Waals surface area contributed by atoms with E-state index in [0.717, 1.165) is 0 Å². The quantitative estimate of drug-likeness (QED) is 0.883. The van der Waals surface area contributed by atoms with Crippen molar-refractivity contribution < 1.29 is 32.4 Å². The van der Waals surface area contributed by atoms with E-state index in [4.69, 9.17) is 5.11 Å². The number of nitrogens with zero attached hydrogens (tertiary/aromatic N) is 2. The highest BCUT2D eigenvalue weighted by Crippen LogP contribution is 2.38. The van der Waals surface area contributed by atoms with Crippen molar-refractivity contribution in [2.75, 3.05) is 13.1 Å². The monoisotopic (exact) mass is 278 g/mol. The van der Waals surface area contributed by atoms with Crippen LogP contribution in [0.15, 0.2) is 16.9 Å². The molecule has 6 nitrogen and oxygen atoms in total. The molecular formula is C10H9F3N2O4. The number of carbonyl (C=O) groups excluding carboxylic acids is 1. The lowest BCUT2D eigenvalue weighted by atomic mass is 9.74. The zero-order valence-corrected chi connectivity index (χ0v) is 9.48. The first-order valence-electron chi connectivity index (χ1n) is 5.23. The molecule has 1 aromatic rings. The minimum absolute atomic E-state index is 0.237. The molecule has 1 aliphatic rings. The second kappa shape index (κ2) is 4.25. The first kappa shape index (κ1) is 13.4. The van der Waals surface area contributed by atoms with E-state index in [1.54, 1.807) is 0 Å². The van der Waals surface area contributed by atoms with E-state index in [-0.39, 0.29) is 18.8 Å². The molecule has 104 valence electrons. The highest BCUT2D eigenvalue weighted by molar-refractivity contribution is 5.83. The first-order valence-corrected chi connectivity index (χ1v) is 5.23. The van der Waals surface area contributed by atoms with Crippen molar-refractivity contribution in [1.82, 2.24) is 10.1 Å². The standard InChI is InChI=1S/C10H9F3N2O4/c11-10(12,13)8(18)15-4-9(5-15,3-7(16)17)6-1-2-19-14-6/h1-2H,3-5H2,(H,16,17). The summed E-state index contributed by atoms with van der Waals surface area (Å²) in [5.41, 5.74) is -0.874. The Labute approximate surface area is 104 Å². The molecular weight excluding hydrogens is 269 g/mol. The Kier molecular flexibility index (Phi) is 2.99. The van der Waals surface area contributed by atoms with Gasteiger partial charge in [-0.2, -0.15) is 13.2 Å². The fourth-order valence-electron chi connectivity index (χ4n) is 2.15. The Morgan fingerprint density at radius 2 is 2.11 bits per heavy atom. The van der Waals surface area contributed by atoms with E-state index in [9.17, 15) is 22.8 Å². The molecule has 0 unspecified atom stereocenters. The summed E-state index contributed by atoms with van der Waals surface area (Å²) in [5, 5.41) is 12.4. The predicted molar refractivity (Wildman–Crippen MR) is 53.1 cm³/mol. The topological polar surface area (TPSA) is 83.6 Å². The molecule has 1 saturated heterocycles. The van der Waals surface area contributed by atoms with Gasteiger partial charge in [0, 0.05) is 19.2 Å². The van der Waals surface area contributed by atoms with Crippen LogP contribution in [0.2, 0.25) is 0 Å². The molecule has 0 bridgehead atoms. The number of likely N-dealkylation sites (tertiary alicyclic amines) is 1. The van der Waals surface area contributed by atoms with Crippen LogP contribution in [-0.2, 0) is 15.0 Å². The largest absolute Gasteiger partial charge is 0.481 e. The van der Waals surface area contributed by atoms with Gasteiger partial charge in [0.25, 0.3) is 0 Å². The summed E-state index contributed by atoms with van der Waals surface area (Å²) in [7, 11) is 0. The number of hydrogen-bond donors (Lipinski definition) is 1. The molecule has 1 aliphatic heterocycles. The van der Waals surface area contributed by atoms with Crippen LogP contribution in [0.25, 0.3) is 0 Å². The SMILES string of the molecule is O=C(O)CC1(c2ccon2)CN(C(=O)C(F)(F)F)C1. The molecule has 0 aromatic carbocycles. The van der Waals surface area contributed by atoms with Crippen LogP contribution in [0, 0.1) is 0 Å². The lowest BCUT2D eigenvalue weighted by Gasteiger charge is -2.48. The van der Waals surface area contributed by atoms with Gasteiger partial charge in [-0.3, -0.25) is 9.59 Å². The molecule has 9 heteroatoms. The number of aliphatic carboxylic acids is 1. The zero-order valence-electron chi connectivity index (χ0n) is 9.48. The zero-order chi connectivity index (χ0) is 14.3. The van der Waals surface area contributed by atoms with Crippen molar-refractivity contribution in [2.45, 2.75) is 18.0 Å². The van der Waals surface area contributed by atoms with Crippen LogP contribution in [0.1, 0.15) is 12.1 Å². The van der Waals surface area contributed by atoms with Crippen LogP contribution in [0.4, 0.5) is 13.2 Å². The molecule has 0 aliphatic carbocycles. The van der Waals surface area contributed by atoms with Gasteiger partial charge in [0.1, 0.15) is 6.26 Å². The number of carbonyl (C=O) groups is 2. The maximum atomic E-state index is 12.2. The fraction of sp³-hybridized carbons (Fsp3) is 0.500. The van der Waals surface area contributed by atoms with E-state index in [1.165, 1.54) is 12.3 Å². The molecule has 1 aromatic heterocycles. The third-order valence-corrected chi connectivity index (χ3v) is 2.99. The highest BCUT2D eigenvalue weighted by Gasteiger charge is 2.55. The van der Waals surface area contributed by atoms with Gasteiger partial charge in [0.15, 0.2) is 0 Å². The smallest absolute Gasteiger partial charge is 0.471 e. The summed E-state index contributed by atoms with van der Waals surface area (Å²) in [6, 6.07) is 1.39. The number of amides is 1. The van der Waals surface area contributed by atoms with Crippen molar-refractivity contribution in [3.63, 3.8) is 0 Å². The van der Waals surface area contributed by atoms with Gasteiger partial charge in [-0.05, 0) is 0 Å². The van der Waals surface area contributed by atoms with E-state index >= 15 is 0 Å². The van der Waals surface area contributed by atoms with Gasteiger partial charge < -0.3 is 14.5 Å². The number of halogens is 3. The second-order valence-corrected chi connectivity index (χ2v) is 4.39. The third-order valence-electron chi connectivity index (χ3n) is 2.99. The average molecular weight is 278 g/mol. The van der Waals surface area contributed by atoms with Crippen molar-refractivity contribution in [3.8, 4) is 0 Å². The van der Waals surface area contributed by atoms with Crippen molar-refractivity contribution >= 4 is 11.9 Å². The molecule has 19 heavy (non-hydrogen) atoms. The predicted octanol–water partition coefficient (Wildman–Crippen LogP) is 0.792. The van der Waals surface area contributed by atoms with Crippen LogP contribution in [0.3, 0.4) is 0 Å². The van der Waals surface area contributed by atoms with Gasteiger partial charge in [0.05, 0.1) is 17.5 Å². The average Bonchev–Trinajstić information content (AvgIpc) is 2.73. The summed E-state index contributed by atoms with van der Waals surface area (Å²) < 4.78 is 41.3. The Hall–Kier alpha value is -2.06. The number of alkyl halides is 3. The molecule has 0 atom stereocenters. The lowest BCUT2D eigenvalue weighted by Crippen LogP contribution is -2.64. The molecule has 0 spiro atoms. The van der Waals surface area contributed by atoms with Crippen molar-refractivity contribution in [3.05, 3.63) is 18.0 Å². The fourth-order valence-corrected chi connectivity index (χ4v) is 2.15. The molecule has 0 radical (unpaired) electrons. The Morgan fingerprint density at radius 1 is 1.47 bits per heavy atom. The summed E-state index contributed by atoms with van der Waals surface area (Å²) in [6.07, 6.45) is -4.17. The van der Waals surface area contributed by atoms with E-state index in [1.807, 2.05) is 0 Å². The molecule has 1 fully saturated rings. The number of aromatic nitrogens is 1. The Balaban J connectivity index is 2.15. The molecule has 0 saturated carbocycles. The van der Waals surface area contributed by atoms with E-state index < -0.39 is 29.9 Å². The molecule has 2 heterocycles. The summed E-state index contributed by atoms with van der Waals surface area (Å²) in [6.45, 7) is -0.686. The van der Waals surface area contributed by atoms with E-state index in [0.29, 0.717) is 4.90 Å². The lowest BCUT2D eigenvalue weighted by molar-refractivity contribution is -0.193. The Bertz CT molecular complexity index is 491. The van der Waals surface area contributed by atoms with Crippen LogP contribution in [-0.4, -0.2) is 46.3 Å². The van der Waals surface area contributed by atoms with Crippen molar-refractivity contribution in [2.24, 2.45) is 0 Å². The van der Waals surface area contributed by atoms with Gasteiger partial charge in [-0.15, -0.1) is 0 Å². The first-order chi connectivity index (χ1) is 8.74. The summed E-state index contributed by atoms with van der Waals surface area (Å²) >= 11 is 0. The van der Waals surface area contributed by atoms with Gasteiger partial charge in [-0.1, -0.05) is 5.16 Å². The Morgan fingerprint density at radius 3 is 2.53 bits per heavy atom. The number of rotatable bonds is 3. The van der Waals surface area contributed by atoms with Crippen LogP contribution in [0.5, 0.6) is 0 Å². The second-order valence-electron chi connectivity index (χ2n) is 4.39. The number of carboxylic acids is 1. The summed E-state index contributed by atoms with van der Waals surface area (Å²) in [4.78, 5) is 22.3. The minimum Gasteiger partial charge on any atom is -0.481 e. The normalized spacial score (nSPS) is 17.9. The number of hydrogen-bond acceptors (Lipinski definition) is 4. The highest BCUT2D eigenvalue weighted by atomic mass is 19.4. The summed E-state index contributed by atoms with van der Waals surface area (Å²) in [5.74, 6) is -3.15. The van der Waals surface area contributed by atoms with Gasteiger partial charge in [0.2, 0.25) is 0 Å². The van der Waals surface area contributed by atoms with Crippen LogP contribution >= 0.6 is 0 Å². The molecule has 2 rings (SSSR count). The van der Waals surface area contributed by atoms with Crippen LogP contribution < -0.4 is 0 Å². The van der Waals surface area contributed by atoms with Crippen molar-refractivity contribution in [1.29, 1.82) is 0 Å². The minimum atomic E-state index is -4.96. The maximum Gasteiger partial charge on any atom is 0.471 e. The third kappa shape index (κ3) is 2.40. The maximum absolute atomic E-state index is 12.2. The van der Waals surface area contributed by atoms with Gasteiger partial charge in [-0.25, -0.2) is 0 Å². The van der Waals surface area contributed by atoms with Gasteiger partial charge >= 0.3 is 18.1 Å². The van der Waals surface area contributed by atoms with E-state index in [2.05, 4.69) is 9.68 Å². The molecule has 1 N–H and O–H groups in total. The number of carboxylic acid groups (broad SMARTS) is 1.